The molecular weight excluding hydrogens is 278 g/mol. The molecule has 1 aliphatic rings. The molecule has 0 bridgehead atoms. The summed E-state index contributed by atoms with van der Waals surface area (Å²) in [5.41, 5.74) is 0.750. The van der Waals surface area contributed by atoms with Gasteiger partial charge in [-0.05, 0) is 33.0 Å². The predicted molar refractivity (Wildman–Crippen MR) is 89.4 cm³/mol. The van der Waals surface area contributed by atoms with Gasteiger partial charge in [-0.2, -0.15) is 0 Å². The Balaban J connectivity index is 1.82. The standard InChI is InChI=1S/C17H27N3O2/c1-14(2)22-16-7-5-4-6-15(16)18-17(21)8-9-20-12-10-19(3)11-13-20/h4-7,14H,8-13H2,1-3H3,(H,18,21). The van der Waals surface area contributed by atoms with Crippen molar-refractivity contribution in [2.24, 2.45) is 0 Å². The van der Waals surface area contributed by atoms with Crippen LogP contribution in [0.25, 0.3) is 0 Å². The number of rotatable bonds is 6. The molecule has 1 aromatic carbocycles. The van der Waals surface area contributed by atoms with Crippen LogP contribution in [0.4, 0.5) is 5.69 Å². The number of nitrogens with one attached hydrogen (secondary N) is 1. The minimum atomic E-state index is 0.0405. The number of amides is 1. The molecule has 1 heterocycles. The lowest BCUT2D eigenvalue weighted by atomic mass is 10.2. The van der Waals surface area contributed by atoms with Crippen molar-refractivity contribution in [3.63, 3.8) is 0 Å². The number of hydrogen-bond donors (Lipinski definition) is 1. The van der Waals surface area contributed by atoms with E-state index in [1.54, 1.807) is 0 Å². The van der Waals surface area contributed by atoms with Crippen molar-refractivity contribution in [1.29, 1.82) is 0 Å². The molecule has 0 aliphatic carbocycles. The van der Waals surface area contributed by atoms with Crippen LogP contribution in [-0.4, -0.2) is 61.6 Å². The van der Waals surface area contributed by atoms with Crippen LogP contribution in [0.5, 0.6) is 5.75 Å². The Bertz CT molecular complexity index is 483. The minimum absolute atomic E-state index is 0.0405. The molecule has 1 aliphatic heterocycles. The lowest BCUT2D eigenvalue weighted by Crippen LogP contribution is -2.45. The van der Waals surface area contributed by atoms with Gasteiger partial charge in [0, 0.05) is 39.1 Å². The molecule has 1 N–H and O–H groups in total. The average molecular weight is 305 g/mol. The van der Waals surface area contributed by atoms with E-state index in [0.717, 1.165) is 44.2 Å². The molecule has 0 radical (unpaired) electrons. The first kappa shape index (κ1) is 16.8. The summed E-state index contributed by atoms with van der Waals surface area (Å²) in [7, 11) is 2.13. The van der Waals surface area contributed by atoms with Gasteiger partial charge >= 0.3 is 0 Å². The number of piperazine rings is 1. The van der Waals surface area contributed by atoms with E-state index in [0.29, 0.717) is 6.42 Å². The summed E-state index contributed by atoms with van der Waals surface area (Å²) in [5, 5.41) is 2.96. The minimum Gasteiger partial charge on any atom is -0.489 e. The van der Waals surface area contributed by atoms with E-state index in [4.69, 9.17) is 4.74 Å². The Kier molecular flexibility index (Phi) is 6.21. The zero-order chi connectivity index (χ0) is 15.9. The molecule has 0 unspecified atom stereocenters. The highest BCUT2D eigenvalue weighted by Crippen LogP contribution is 2.24. The highest BCUT2D eigenvalue weighted by Gasteiger charge is 2.15. The normalized spacial score (nSPS) is 16.7. The second-order valence-corrected chi connectivity index (χ2v) is 6.11. The first-order valence-electron chi connectivity index (χ1n) is 8.01. The molecule has 1 fully saturated rings. The van der Waals surface area contributed by atoms with Gasteiger partial charge < -0.3 is 19.9 Å². The topological polar surface area (TPSA) is 44.8 Å². The number of nitrogens with zero attached hydrogens (tertiary/aromatic N) is 2. The third kappa shape index (κ3) is 5.31. The van der Waals surface area contributed by atoms with Crippen molar-refractivity contribution in [3.8, 4) is 5.75 Å². The first-order valence-corrected chi connectivity index (χ1v) is 8.01. The average Bonchev–Trinajstić information content (AvgIpc) is 2.48. The summed E-state index contributed by atoms with van der Waals surface area (Å²) >= 11 is 0. The molecule has 22 heavy (non-hydrogen) atoms. The van der Waals surface area contributed by atoms with Gasteiger partial charge in [0.2, 0.25) is 5.91 Å². The number of anilines is 1. The summed E-state index contributed by atoms with van der Waals surface area (Å²) in [6.45, 7) is 9.00. The molecule has 0 spiro atoms. The van der Waals surface area contributed by atoms with Crippen LogP contribution in [0.1, 0.15) is 20.3 Å². The van der Waals surface area contributed by atoms with Gasteiger partial charge in [-0.15, -0.1) is 0 Å². The first-order chi connectivity index (χ1) is 10.5. The molecule has 0 aromatic heterocycles. The van der Waals surface area contributed by atoms with Crippen LogP contribution in [0.3, 0.4) is 0 Å². The second kappa shape index (κ2) is 8.15. The lowest BCUT2D eigenvalue weighted by Gasteiger charge is -2.32. The molecule has 0 saturated carbocycles. The number of para-hydroxylation sites is 2. The summed E-state index contributed by atoms with van der Waals surface area (Å²) in [5.74, 6) is 0.768. The van der Waals surface area contributed by atoms with Crippen LogP contribution in [-0.2, 0) is 4.79 Å². The monoisotopic (exact) mass is 305 g/mol. The van der Waals surface area contributed by atoms with Gasteiger partial charge in [0.15, 0.2) is 0 Å². The van der Waals surface area contributed by atoms with Crippen LogP contribution in [0, 0.1) is 0 Å². The largest absolute Gasteiger partial charge is 0.489 e. The fourth-order valence-electron chi connectivity index (χ4n) is 2.47. The van der Waals surface area contributed by atoms with E-state index < -0.39 is 0 Å². The predicted octanol–water partition coefficient (Wildman–Crippen LogP) is 2.05. The number of benzene rings is 1. The second-order valence-electron chi connectivity index (χ2n) is 6.11. The highest BCUT2D eigenvalue weighted by atomic mass is 16.5. The molecule has 2 rings (SSSR count). The lowest BCUT2D eigenvalue weighted by molar-refractivity contribution is -0.116. The zero-order valence-corrected chi connectivity index (χ0v) is 13.8. The maximum Gasteiger partial charge on any atom is 0.225 e. The van der Waals surface area contributed by atoms with E-state index in [1.807, 2.05) is 38.1 Å². The molecule has 122 valence electrons. The Labute approximate surface area is 133 Å². The SMILES string of the molecule is CC(C)Oc1ccccc1NC(=O)CCN1CCN(C)CC1. The number of carbonyl (C=O) groups excluding carboxylic acids is 1. The van der Waals surface area contributed by atoms with Gasteiger partial charge in [0.1, 0.15) is 5.75 Å². The molecule has 5 nitrogen and oxygen atoms in total. The summed E-state index contributed by atoms with van der Waals surface area (Å²) < 4.78 is 5.72. The van der Waals surface area contributed by atoms with Gasteiger partial charge in [-0.1, -0.05) is 12.1 Å². The van der Waals surface area contributed by atoms with Crippen molar-refractivity contribution >= 4 is 11.6 Å². The fraction of sp³-hybridized carbons (Fsp3) is 0.588. The Morgan fingerprint density at radius 2 is 1.91 bits per heavy atom. The highest BCUT2D eigenvalue weighted by molar-refractivity contribution is 5.92. The molecular formula is C17H27N3O2. The molecule has 1 saturated heterocycles. The van der Waals surface area contributed by atoms with Crippen molar-refractivity contribution < 1.29 is 9.53 Å². The molecule has 1 amide bonds. The van der Waals surface area contributed by atoms with E-state index in [9.17, 15) is 4.79 Å². The van der Waals surface area contributed by atoms with E-state index >= 15 is 0 Å². The van der Waals surface area contributed by atoms with Crippen molar-refractivity contribution in [1.82, 2.24) is 9.80 Å². The number of ether oxygens (including phenoxy) is 1. The summed E-state index contributed by atoms with van der Waals surface area (Å²) in [6.07, 6.45) is 0.600. The third-order valence-electron chi connectivity index (χ3n) is 3.77. The Hall–Kier alpha value is -1.59. The van der Waals surface area contributed by atoms with Gasteiger partial charge in [-0.25, -0.2) is 0 Å². The summed E-state index contributed by atoms with van der Waals surface area (Å²) in [6, 6.07) is 7.59. The van der Waals surface area contributed by atoms with Crippen molar-refractivity contribution in [2.75, 3.05) is 45.1 Å². The molecule has 1 aromatic rings. The fourth-order valence-corrected chi connectivity index (χ4v) is 2.47. The van der Waals surface area contributed by atoms with Crippen molar-refractivity contribution in [3.05, 3.63) is 24.3 Å². The number of carbonyl (C=O) groups is 1. The Morgan fingerprint density at radius 3 is 2.59 bits per heavy atom. The Morgan fingerprint density at radius 1 is 1.23 bits per heavy atom. The van der Waals surface area contributed by atoms with Gasteiger partial charge in [-0.3, -0.25) is 4.79 Å². The zero-order valence-electron chi connectivity index (χ0n) is 13.8. The van der Waals surface area contributed by atoms with Crippen LogP contribution in [0.2, 0.25) is 0 Å². The van der Waals surface area contributed by atoms with Gasteiger partial charge in [0.25, 0.3) is 0 Å². The number of hydrogen-bond acceptors (Lipinski definition) is 4. The third-order valence-corrected chi connectivity index (χ3v) is 3.77. The van der Waals surface area contributed by atoms with E-state index in [2.05, 4.69) is 22.2 Å². The smallest absolute Gasteiger partial charge is 0.225 e. The van der Waals surface area contributed by atoms with E-state index in [-0.39, 0.29) is 12.0 Å². The van der Waals surface area contributed by atoms with E-state index in [1.165, 1.54) is 0 Å². The quantitative estimate of drug-likeness (QED) is 0.874. The van der Waals surface area contributed by atoms with Gasteiger partial charge in [0.05, 0.1) is 11.8 Å². The molecule has 0 atom stereocenters. The van der Waals surface area contributed by atoms with Crippen molar-refractivity contribution in [2.45, 2.75) is 26.4 Å². The maximum absolute atomic E-state index is 12.2. The maximum atomic E-state index is 12.2. The van der Waals surface area contributed by atoms with Crippen LogP contribution >= 0.6 is 0 Å². The molecule has 5 heteroatoms. The van der Waals surface area contributed by atoms with Crippen LogP contribution < -0.4 is 10.1 Å². The van der Waals surface area contributed by atoms with Crippen LogP contribution in [0.15, 0.2) is 24.3 Å². The number of likely N-dealkylation sites (N-methyl/N-ethyl adjacent to an activating group) is 1. The summed E-state index contributed by atoms with van der Waals surface area (Å²) in [4.78, 5) is 16.8.